The molecule has 0 rings (SSSR count). The second-order valence-electron chi connectivity index (χ2n) is 4.54. The fourth-order valence-electron chi connectivity index (χ4n) is 0.300. The number of nitrogens with zero attached hydrogens (tertiary/aromatic N) is 2. The third-order valence-electron chi connectivity index (χ3n) is 0.650. The molecule has 60 valence electrons. The van der Waals surface area contributed by atoms with Crippen molar-refractivity contribution in [1.82, 2.24) is 0 Å². The lowest BCUT2D eigenvalue weighted by Gasteiger charge is -2.15. The van der Waals surface area contributed by atoms with Gasteiger partial charge < -0.3 is 0 Å². The van der Waals surface area contributed by atoms with E-state index in [2.05, 4.69) is 10.2 Å². The van der Waals surface area contributed by atoms with Gasteiger partial charge in [-0.1, -0.05) is 0 Å². The number of hydrogen-bond acceptors (Lipinski definition) is 2. The fraction of sp³-hybridized carbons (Fsp3) is 1.00. The molecular weight excluding hydrogens is 124 g/mol. The van der Waals surface area contributed by atoms with Gasteiger partial charge in [0.05, 0.1) is 11.1 Å². The van der Waals surface area contributed by atoms with E-state index in [0.29, 0.717) is 0 Å². The van der Waals surface area contributed by atoms with Gasteiger partial charge in [-0.2, -0.15) is 10.2 Å². The first-order valence-corrected chi connectivity index (χ1v) is 3.65. The topological polar surface area (TPSA) is 24.7 Å². The third-order valence-corrected chi connectivity index (χ3v) is 0.650. The summed E-state index contributed by atoms with van der Waals surface area (Å²) in [5, 5.41) is 8.31. The Morgan fingerprint density at radius 1 is 0.700 bits per heavy atom. The summed E-state index contributed by atoms with van der Waals surface area (Å²) in [4.78, 5) is 0. The van der Waals surface area contributed by atoms with Crippen LogP contribution in [0.2, 0.25) is 0 Å². The molecule has 0 aromatic rings. The van der Waals surface area contributed by atoms with E-state index < -0.39 is 0 Å². The third kappa shape index (κ3) is 7.60. The van der Waals surface area contributed by atoms with E-state index in [1.807, 2.05) is 41.5 Å². The zero-order valence-corrected chi connectivity index (χ0v) is 7.89. The average molecular weight is 143 g/mol. The lowest BCUT2D eigenvalue weighted by molar-refractivity contribution is 0.465. The van der Waals surface area contributed by atoms with Gasteiger partial charge >= 0.3 is 1.43 Å². The van der Waals surface area contributed by atoms with Crippen LogP contribution in [0.25, 0.3) is 0 Å². The van der Waals surface area contributed by atoms with Crippen LogP contribution in [0.4, 0.5) is 0 Å². The summed E-state index contributed by atoms with van der Waals surface area (Å²) in [5.41, 5.74) is -0.0689. The van der Waals surface area contributed by atoms with Crippen molar-refractivity contribution in [3.63, 3.8) is 0 Å². The molecule has 0 bridgehead atoms. The Hall–Kier alpha value is -0.400. The van der Waals surface area contributed by atoms with Gasteiger partial charge in [0, 0.05) is 0 Å². The van der Waals surface area contributed by atoms with Crippen molar-refractivity contribution in [2.75, 3.05) is 0 Å². The van der Waals surface area contributed by atoms with Gasteiger partial charge in [-0.15, -0.1) is 0 Å². The quantitative estimate of drug-likeness (QED) is 0.465. The summed E-state index contributed by atoms with van der Waals surface area (Å²) < 4.78 is 0. The first-order valence-electron chi connectivity index (χ1n) is 3.65. The smallest absolute Gasteiger partial charge is 0.188 e. The van der Waals surface area contributed by atoms with Crippen LogP contribution >= 0.6 is 0 Å². The highest BCUT2D eigenvalue weighted by molar-refractivity contribution is 4.72. The molecule has 0 N–H and O–H groups in total. The maximum Gasteiger partial charge on any atom is 1.00 e. The minimum atomic E-state index is -0.0344. The molecule has 2 nitrogen and oxygen atoms in total. The molecule has 10 heavy (non-hydrogen) atoms. The highest BCUT2D eigenvalue weighted by Crippen LogP contribution is 2.13. The summed E-state index contributed by atoms with van der Waals surface area (Å²) in [5.74, 6) is 0. The van der Waals surface area contributed by atoms with E-state index in [1.54, 1.807) is 0 Å². The Kier molecular flexibility index (Phi) is 2.58. The lowest BCUT2D eigenvalue weighted by atomic mass is 10.1. The molecule has 0 aliphatic rings. The van der Waals surface area contributed by atoms with E-state index in [9.17, 15) is 0 Å². The monoisotopic (exact) mass is 143 g/mol. The summed E-state index contributed by atoms with van der Waals surface area (Å²) in [6.45, 7) is 12.3. The van der Waals surface area contributed by atoms with Crippen molar-refractivity contribution in [3.8, 4) is 0 Å². The second kappa shape index (κ2) is 2.69. The predicted octanol–water partition coefficient (Wildman–Crippen LogP) is 3.15. The van der Waals surface area contributed by atoms with Crippen molar-refractivity contribution in [2.45, 2.75) is 52.6 Å². The number of hydrogen-bond donors (Lipinski definition) is 0. The van der Waals surface area contributed by atoms with Gasteiger partial charge in [-0.25, -0.2) is 0 Å². The molecule has 0 saturated carbocycles. The zero-order chi connectivity index (χ0) is 8.41. The van der Waals surface area contributed by atoms with Crippen LogP contribution in [0.15, 0.2) is 10.2 Å². The van der Waals surface area contributed by atoms with E-state index in [1.165, 1.54) is 0 Å². The van der Waals surface area contributed by atoms with E-state index >= 15 is 0 Å². The summed E-state index contributed by atoms with van der Waals surface area (Å²) in [6, 6.07) is 0. The molecule has 0 amide bonds. The van der Waals surface area contributed by atoms with E-state index in [4.69, 9.17) is 0 Å². The van der Waals surface area contributed by atoms with Gasteiger partial charge in [0.25, 0.3) is 0 Å². The first kappa shape index (κ1) is 9.60. The van der Waals surface area contributed by atoms with Crippen molar-refractivity contribution in [1.29, 1.82) is 0 Å². The first-order chi connectivity index (χ1) is 4.21. The van der Waals surface area contributed by atoms with Crippen molar-refractivity contribution in [2.24, 2.45) is 10.2 Å². The van der Waals surface area contributed by atoms with Crippen LogP contribution < -0.4 is 0 Å². The molecular formula is C8H19N2+. The molecule has 0 aliphatic carbocycles. The molecule has 0 spiro atoms. The molecule has 0 saturated heterocycles. The average Bonchev–Trinajstić information content (AvgIpc) is 1.57. The van der Waals surface area contributed by atoms with E-state index in [0.717, 1.165) is 0 Å². The predicted molar refractivity (Wildman–Crippen MR) is 45.5 cm³/mol. The molecule has 0 unspecified atom stereocenters. The molecule has 0 aliphatic heterocycles. The standard InChI is InChI=1S/C8H18N2/c1-7(2,3)9-10-8(4,5)6/h1-6H3/p+1. The minimum absolute atomic E-state index is 0. The lowest BCUT2D eigenvalue weighted by Crippen LogP contribution is -2.14. The fourth-order valence-corrected chi connectivity index (χ4v) is 0.300. The molecule has 0 aromatic carbocycles. The summed E-state index contributed by atoms with van der Waals surface area (Å²) >= 11 is 0. The van der Waals surface area contributed by atoms with Gasteiger partial charge in [0.2, 0.25) is 0 Å². The molecule has 0 fully saturated rings. The maximum absolute atomic E-state index is 4.15. The van der Waals surface area contributed by atoms with Crippen molar-refractivity contribution >= 4 is 0 Å². The molecule has 0 atom stereocenters. The van der Waals surface area contributed by atoms with Crippen LogP contribution in [0.5, 0.6) is 0 Å². The Bertz CT molecular complexity index is 112. The van der Waals surface area contributed by atoms with Crippen molar-refractivity contribution < 1.29 is 1.43 Å². The van der Waals surface area contributed by atoms with Crippen LogP contribution in [0.1, 0.15) is 43.0 Å². The van der Waals surface area contributed by atoms with Crippen LogP contribution in [-0.4, -0.2) is 11.1 Å². The SMILES string of the molecule is CC(C)(C)N=NC(C)(C)C.[H+]. The maximum atomic E-state index is 4.15. The van der Waals surface area contributed by atoms with Crippen LogP contribution in [-0.2, 0) is 0 Å². The van der Waals surface area contributed by atoms with Crippen LogP contribution in [0, 0.1) is 0 Å². The van der Waals surface area contributed by atoms with Crippen LogP contribution in [0.3, 0.4) is 0 Å². The number of rotatable bonds is 0. The second-order valence-corrected chi connectivity index (χ2v) is 4.54. The van der Waals surface area contributed by atoms with Gasteiger partial charge in [-0.05, 0) is 41.5 Å². The minimum Gasteiger partial charge on any atom is -0.188 e. The summed E-state index contributed by atoms with van der Waals surface area (Å²) in [7, 11) is 0. The largest absolute Gasteiger partial charge is 1.00 e. The highest BCUT2D eigenvalue weighted by Gasteiger charge is 2.11. The van der Waals surface area contributed by atoms with Gasteiger partial charge in [0.1, 0.15) is 0 Å². The van der Waals surface area contributed by atoms with Gasteiger partial charge in [-0.3, -0.25) is 0 Å². The normalized spacial score (nSPS) is 14.6. The Morgan fingerprint density at radius 3 is 1.00 bits per heavy atom. The Morgan fingerprint density at radius 2 is 0.900 bits per heavy atom. The van der Waals surface area contributed by atoms with E-state index in [-0.39, 0.29) is 12.5 Å². The molecule has 0 aromatic heterocycles. The molecule has 2 heteroatoms. The summed E-state index contributed by atoms with van der Waals surface area (Å²) in [6.07, 6.45) is 0. The Labute approximate surface area is 65.2 Å². The highest BCUT2D eigenvalue weighted by atomic mass is 15.2. The molecule has 0 heterocycles. The van der Waals surface area contributed by atoms with Gasteiger partial charge in [0.15, 0.2) is 0 Å². The molecule has 0 radical (unpaired) electrons. The number of azo groups is 1. The van der Waals surface area contributed by atoms with Crippen molar-refractivity contribution in [3.05, 3.63) is 0 Å². The zero-order valence-electron chi connectivity index (χ0n) is 8.89. The Balaban J connectivity index is 0.